The van der Waals surface area contributed by atoms with E-state index >= 15 is 0 Å². The molecule has 0 radical (unpaired) electrons. The molecule has 1 saturated heterocycles. The monoisotopic (exact) mass is 305 g/mol. The van der Waals surface area contributed by atoms with Crippen LogP contribution in [0.2, 0.25) is 0 Å². The van der Waals surface area contributed by atoms with Crippen LogP contribution in [0.3, 0.4) is 0 Å². The lowest BCUT2D eigenvalue weighted by Crippen LogP contribution is -2.48. The molecule has 0 saturated carbocycles. The smallest absolute Gasteiger partial charge is 0.163 e. The summed E-state index contributed by atoms with van der Waals surface area (Å²) in [7, 11) is 1.69. The van der Waals surface area contributed by atoms with Gasteiger partial charge in [0, 0.05) is 0 Å². The second-order valence-corrected chi connectivity index (χ2v) is 5.98. The van der Waals surface area contributed by atoms with E-state index in [4.69, 9.17) is 19.0 Å². The molecule has 1 aromatic rings. The third-order valence-corrected chi connectivity index (χ3v) is 3.93. The highest BCUT2D eigenvalue weighted by Crippen LogP contribution is 2.32. The normalized spacial score (nSPS) is 28.4. The van der Waals surface area contributed by atoms with Crippen LogP contribution >= 0.6 is 0 Å². The van der Waals surface area contributed by atoms with Gasteiger partial charge in [-0.15, -0.1) is 0 Å². The Labute approximate surface area is 131 Å². The van der Waals surface area contributed by atoms with Crippen LogP contribution in [-0.2, 0) is 25.6 Å². The van der Waals surface area contributed by atoms with Crippen LogP contribution in [0, 0.1) is 0 Å². The Morgan fingerprint density at radius 2 is 2.05 bits per heavy atom. The summed E-state index contributed by atoms with van der Waals surface area (Å²) in [6.45, 7) is 5.55. The van der Waals surface area contributed by atoms with Crippen molar-refractivity contribution in [3.63, 3.8) is 0 Å². The van der Waals surface area contributed by atoms with Crippen molar-refractivity contribution >= 4 is 0 Å². The van der Waals surface area contributed by atoms with Gasteiger partial charge in [-0.05, 0) is 25.5 Å². The maximum Gasteiger partial charge on any atom is 0.163 e. The molecule has 120 valence electrons. The van der Waals surface area contributed by atoms with E-state index < -0.39 is 5.79 Å². The molecule has 2 atom stereocenters. The van der Waals surface area contributed by atoms with Gasteiger partial charge in [0.1, 0.15) is 17.9 Å². The molecule has 5 heteroatoms. The summed E-state index contributed by atoms with van der Waals surface area (Å²) in [6.07, 6.45) is 1.84. The number of ether oxygens (including phenoxy) is 3. The minimum Gasteiger partial charge on any atom is -0.499 e. The molecule has 0 N–H and O–H groups in total. The van der Waals surface area contributed by atoms with Gasteiger partial charge < -0.3 is 14.2 Å². The van der Waals surface area contributed by atoms with E-state index in [9.17, 15) is 0 Å². The van der Waals surface area contributed by atoms with Crippen molar-refractivity contribution in [1.82, 2.24) is 5.06 Å². The summed E-state index contributed by atoms with van der Waals surface area (Å²) in [6, 6.07) is 10.1. The summed E-state index contributed by atoms with van der Waals surface area (Å²) < 4.78 is 17.3. The van der Waals surface area contributed by atoms with E-state index in [0.717, 1.165) is 5.76 Å². The van der Waals surface area contributed by atoms with E-state index in [0.29, 0.717) is 19.8 Å². The first-order chi connectivity index (χ1) is 10.6. The molecule has 2 aliphatic heterocycles. The fourth-order valence-corrected chi connectivity index (χ4v) is 2.91. The van der Waals surface area contributed by atoms with E-state index in [-0.39, 0.29) is 12.1 Å². The molecule has 0 aliphatic carbocycles. The second-order valence-electron chi connectivity index (χ2n) is 5.98. The van der Waals surface area contributed by atoms with Crippen LogP contribution in [0.25, 0.3) is 0 Å². The third kappa shape index (κ3) is 3.33. The van der Waals surface area contributed by atoms with Gasteiger partial charge in [-0.1, -0.05) is 30.3 Å². The maximum absolute atomic E-state index is 6.02. The highest BCUT2D eigenvalue weighted by Gasteiger charge is 2.43. The minimum absolute atomic E-state index is 0.110. The van der Waals surface area contributed by atoms with Gasteiger partial charge in [-0.3, -0.25) is 4.84 Å². The number of benzene rings is 1. The summed E-state index contributed by atoms with van der Waals surface area (Å²) >= 11 is 0. The van der Waals surface area contributed by atoms with Crippen molar-refractivity contribution in [1.29, 1.82) is 0 Å². The zero-order chi connectivity index (χ0) is 15.6. The van der Waals surface area contributed by atoms with Gasteiger partial charge in [0.25, 0.3) is 0 Å². The van der Waals surface area contributed by atoms with Crippen molar-refractivity contribution in [2.45, 2.75) is 38.3 Å². The molecule has 0 spiro atoms. The van der Waals surface area contributed by atoms with Gasteiger partial charge in [0.2, 0.25) is 0 Å². The molecule has 0 aromatic heterocycles. The minimum atomic E-state index is -0.570. The summed E-state index contributed by atoms with van der Waals surface area (Å²) in [5.74, 6) is 0.299. The standard InChI is InChI=1S/C17H23NO4/c1-17(2)20-12-15(22-17)16-14(19-3)9-10-21-18(16)11-13-7-5-4-6-8-13/h4-9,15-16H,10-12H2,1-3H3/t15-,16-/m0/s1. The highest BCUT2D eigenvalue weighted by molar-refractivity contribution is 5.16. The van der Waals surface area contributed by atoms with Gasteiger partial charge in [-0.2, -0.15) is 5.06 Å². The van der Waals surface area contributed by atoms with Crippen LogP contribution in [-0.4, -0.2) is 43.3 Å². The second kappa shape index (κ2) is 6.38. The van der Waals surface area contributed by atoms with Gasteiger partial charge in [-0.25, -0.2) is 0 Å². The molecular weight excluding hydrogens is 282 g/mol. The maximum atomic E-state index is 6.02. The zero-order valence-corrected chi connectivity index (χ0v) is 13.3. The first-order valence-corrected chi connectivity index (χ1v) is 7.58. The zero-order valence-electron chi connectivity index (χ0n) is 13.3. The fraction of sp³-hybridized carbons (Fsp3) is 0.529. The average Bonchev–Trinajstić information content (AvgIpc) is 2.88. The van der Waals surface area contributed by atoms with Crippen molar-refractivity contribution in [2.75, 3.05) is 20.3 Å². The molecule has 5 nitrogen and oxygen atoms in total. The van der Waals surface area contributed by atoms with E-state index in [1.165, 1.54) is 5.56 Å². The Balaban J connectivity index is 1.80. The summed E-state index contributed by atoms with van der Waals surface area (Å²) in [5.41, 5.74) is 1.18. The summed E-state index contributed by atoms with van der Waals surface area (Å²) in [4.78, 5) is 5.85. The van der Waals surface area contributed by atoms with Crippen molar-refractivity contribution in [3.05, 3.63) is 47.7 Å². The average molecular weight is 305 g/mol. The molecule has 22 heavy (non-hydrogen) atoms. The molecule has 2 aliphatic rings. The number of methoxy groups -OCH3 is 1. The Morgan fingerprint density at radius 3 is 2.68 bits per heavy atom. The van der Waals surface area contributed by atoms with Crippen molar-refractivity contribution < 1.29 is 19.0 Å². The van der Waals surface area contributed by atoms with Crippen LogP contribution in [0.1, 0.15) is 19.4 Å². The lowest BCUT2D eigenvalue weighted by Gasteiger charge is -2.37. The molecule has 0 bridgehead atoms. The topological polar surface area (TPSA) is 40.2 Å². The third-order valence-electron chi connectivity index (χ3n) is 3.93. The van der Waals surface area contributed by atoms with Gasteiger partial charge in [0.05, 0.1) is 26.9 Å². The van der Waals surface area contributed by atoms with Crippen LogP contribution in [0.4, 0.5) is 0 Å². The highest BCUT2D eigenvalue weighted by atomic mass is 16.8. The van der Waals surface area contributed by atoms with Gasteiger partial charge in [0.15, 0.2) is 5.79 Å². The Morgan fingerprint density at radius 1 is 1.27 bits per heavy atom. The molecule has 1 fully saturated rings. The Kier molecular flexibility index (Phi) is 4.49. The predicted octanol–water partition coefficient (Wildman–Crippen LogP) is 2.48. The molecule has 0 unspecified atom stereocenters. The van der Waals surface area contributed by atoms with E-state index in [2.05, 4.69) is 12.1 Å². The first-order valence-electron chi connectivity index (χ1n) is 7.58. The van der Waals surface area contributed by atoms with Crippen molar-refractivity contribution in [3.8, 4) is 0 Å². The molecule has 3 rings (SSSR count). The number of hydrogen-bond donors (Lipinski definition) is 0. The van der Waals surface area contributed by atoms with E-state index in [1.807, 2.05) is 43.2 Å². The molecule has 2 heterocycles. The first kappa shape index (κ1) is 15.5. The lowest BCUT2D eigenvalue weighted by atomic mass is 10.1. The molecule has 0 amide bonds. The quantitative estimate of drug-likeness (QED) is 0.855. The Bertz CT molecular complexity index is 529. The number of hydroxylamine groups is 2. The number of rotatable bonds is 4. The van der Waals surface area contributed by atoms with E-state index in [1.54, 1.807) is 7.11 Å². The van der Waals surface area contributed by atoms with Crippen molar-refractivity contribution in [2.24, 2.45) is 0 Å². The fourth-order valence-electron chi connectivity index (χ4n) is 2.91. The van der Waals surface area contributed by atoms with Crippen LogP contribution in [0.5, 0.6) is 0 Å². The summed E-state index contributed by atoms with van der Waals surface area (Å²) in [5, 5.41) is 1.93. The SMILES string of the molecule is COC1=CCON(Cc2ccccc2)[C@@H]1[C@@H]1COC(C)(C)O1. The predicted molar refractivity (Wildman–Crippen MR) is 81.7 cm³/mol. The lowest BCUT2D eigenvalue weighted by molar-refractivity contribution is -0.223. The van der Waals surface area contributed by atoms with Crippen LogP contribution in [0.15, 0.2) is 42.2 Å². The Hall–Kier alpha value is -1.40. The van der Waals surface area contributed by atoms with Gasteiger partial charge >= 0.3 is 0 Å². The van der Waals surface area contributed by atoms with Crippen LogP contribution < -0.4 is 0 Å². The molecule has 1 aromatic carbocycles. The molecular formula is C17H23NO4. The number of nitrogens with zero attached hydrogens (tertiary/aromatic N) is 1. The number of hydrogen-bond acceptors (Lipinski definition) is 5. The largest absolute Gasteiger partial charge is 0.499 e.